The Kier molecular flexibility index (Phi) is 4.30. The van der Waals surface area contributed by atoms with E-state index in [1.165, 1.54) is 22.5 Å². The molecule has 0 fully saturated rings. The zero-order chi connectivity index (χ0) is 16.4. The van der Waals surface area contributed by atoms with E-state index in [4.69, 9.17) is 4.74 Å². The van der Waals surface area contributed by atoms with Gasteiger partial charge in [0.2, 0.25) is 0 Å². The molecule has 1 N–H and O–H groups in total. The standard InChI is InChI=1S/C18H18N2O2S/c1-11-5-7-15(13(3)8-11)22-10-17(21)20-18-19-14-6-4-12(2)9-16(14)23-18/h4-9H,10H2,1-3H3,(H,19,20,21). The number of hydrogen-bond acceptors (Lipinski definition) is 4. The lowest BCUT2D eigenvalue weighted by atomic mass is 10.1. The summed E-state index contributed by atoms with van der Waals surface area (Å²) >= 11 is 1.47. The summed E-state index contributed by atoms with van der Waals surface area (Å²) in [5.41, 5.74) is 4.26. The summed E-state index contributed by atoms with van der Waals surface area (Å²) in [6.45, 7) is 6.00. The minimum Gasteiger partial charge on any atom is -0.483 e. The van der Waals surface area contributed by atoms with Gasteiger partial charge in [-0.2, -0.15) is 0 Å². The van der Waals surface area contributed by atoms with E-state index in [1.54, 1.807) is 0 Å². The Balaban J connectivity index is 1.64. The summed E-state index contributed by atoms with van der Waals surface area (Å²) in [6.07, 6.45) is 0. The number of thiazole rings is 1. The second kappa shape index (κ2) is 6.38. The van der Waals surface area contributed by atoms with Crippen molar-refractivity contribution in [1.29, 1.82) is 0 Å². The predicted molar refractivity (Wildman–Crippen MR) is 94.4 cm³/mol. The fourth-order valence-corrected chi connectivity index (χ4v) is 3.33. The van der Waals surface area contributed by atoms with Crippen LogP contribution in [0, 0.1) is 20.8 Å². The number of hydrogen-bond donors (Lipinski definition) is 1. The Morgan fingerprint density at radius 1 is 1.13 bits per heavy atom. The second-order valence-electron chi connectivity index (χ2n) is 5.60. The Bertz CT molecular complexity index is 871. The number of benzene rings is 2. The van der Waals surface area contributed by atoms with Crippen LogP contribution in [0.15, 0.2) is 36.4 Å². The number of amides is 1. The maximum absolute atomic E-state index is 12.0. The second-order valence-corrected chi connectivity index (χ2v) is 6.63. The summed E-state index contributed by atoms with van der Waals surface area (Å²) in [6, 6.07) is 11.9. The third-order valence-electron chi connectivity index (χ3n) is 3.48. The number of fused-ring (bicyclic) bond motifs is 1. The molecule has 4 nitrogen and oxygen atoms in total. The van der Waals surface area contributed by atoms with Crippen molar-refractivity contribution in [3.05, 3.63) is 53.1 Å². The Morgan fingerprint density at radius 2 is 1.87 bits per heavy atom. The van der Waals surface area contributed by atoms with E-state index >= 15 is 0 Å². The quantitative estimate of drug-likeness (QED) is 0.780. The van der Waals surface area contributed by atoms with E-state index in [2.05, 4.69) is 16.4 Å². The molecule has 0 aliphatic heterocycles. The number of aromatic nitrogens is 1. The normalized spacial score (nSPS) is 10.7. The highest BCUT2D eigenvalue weighted by Crippen LogP contribution is 2.26. The number of carbonyl (C=O) groups excluding carboxylic acids is 1. The third kappa shape index (κ3) is 3.68. The SMILES string of the molecule is Cc1ccc(OCC(=O)Nc2nc3ccc(C)cc3s2)c(C)c1. The van der Waals surface area contributed by atoms with Gasteiger partial charge in [-0.1, -0.05) is 35.1 Å². The van der Waals surface area contributed by atoms with Gasteiger partial charge in [0, 0.05) is 0 Å². The molecule has 0 spiro atoms. The molecule has 3 aromatic rings. The van der Waals surface area contributed by atoms with Crippen molar-refractivity contribution in [3.8, 4) is 5.75 Å². The molecule has 0 bridgehead atoms. The van der Waals surface area contributed by atoms with Crippen LogP contribution in [0.2, 0.25) is 0 Å². The van der Waals surface area contributed by atoms with Gasteiger partial charge in [0.05, 0.1) is 10.2 Å². The zero-order valence-electron chi connectivity index (χ0n) is 13.3. The molecule has 0 aliphatic carbocycles. The molecule has 1 heterocycles. The molecule has 5 heteroatoms. The lowest BCUT2D eigenvalue weighted by Crippen LogP contribution is -2.20. The largest absolute Gasteiger partial charge is 0.483 e. The molecule has 0 unspecified atom stereocenters. The molecule has 118 valence electrons. The molecule has 0 aliphatic rings. The first-order valence-electron chi connectivity index (χ1n) is 7.38. The van der Waals surface area contributed by atoms with Crippen LogP contribution >= 0.6 is 11.3 Å². The van der Waals surface area contributed by atoms with Crippen molar-refractivity contribution in [2.45, 2.75) is 20.8 Å². The van der Waals surface area contributed by atoms with Gasteiger partial charge in [-0.05, 0) is 50.1 Å². The van der Waals surface area contributed by atoms with E-state index in [-0.39, 0.29) is 12.5 Å². The Hall–Kier alpha value is -2.40. The number of carbonyl (C=O) groups is 1. The maximum atomic E-state index is 12.0. The topological polar surface area (TPSA) is 51.2 Å². The van der Waals surface area contributed by atoms with Crippen molar-refractivity contribution in [2.75, 3.05) is 11.9 Å². The number of ether oxygens (including phenoxy) is 1. The van der Waals surface area contributed by atoms with Crippen LogP contribution in [0.4, 0.5) is 5.13 Å². The molecule has 1 aromatic heterocycles. The highest BCUT2D eigenvalue weighted by atomic mass is 32.1. The van der Waals surface area contributed by atoms with Crippen LogP contribution in [0.5, 0.6) is 5.75 Å². The minimum atomic E-state index is -0.208. The molecule has 0 atom stereocenters. The van der Waals surface area contributed by atoms with Gasteiger partial charge in [-0.3, -0.25) is 10.1 Å². The van der Waals surface area contributed by atoms with Crippen molar-refractivity contribution in [2.24, 2.45) is 0 Å². The summed E-state index contributed by atoms with van der Waals surface area (Å²) in [7, 11) is 0. The van der Waals surface area contributed by atoms with E-state index in [1.807, 2.05) is 51.1 Å². The molecule has 3 rings (SSSR count). The molecular formula is C18H18N2O2S. The molecular weight excluding hydrogens is 308 g/mol. The summed E-state index contributed by atoms with van der Waals surface area (Å²) in [5, 5.41) is 3.39. The van der Waals surface area contributed by atoms with Crippen LogP contribution in [-0.2, 0) is 4.79 Å². The average molecular weight is 326 g/mol. The number of nitrogens with one attached hydrogen (secondary N) is 1. The highest BCUT2D eigenvalue weighted by Gasteiger charge is 2.09. The molecule has 1 amide bonds. The van der Waals surface area contributed by atoms with Crippen LogP contribution in [0.25, 0.3) is 10.2 Å². The van der Waals surface area contributed by atoms with E-state index in [0.717, 1.165) is 21.5 Å². The molecule has 2 aromatic carbocycles. The zero-order valence-corrected chi connectivity index (χ0v) is 14.2. The number of rotatable bonds is 4. The van der Waals surface area contributed by atoms with Crippen LogP contribution in [0.1, 0.15) is 16.7 Å². The van der Waals surface area contributed by atoms with Crippen LogP contribution < -0.4 is 10.1 Å². The summed E-state index contributed by atoms with van der Waals surface area (Å²) in [5.74, 6) is 0.520. The number of aryl methyl sites for hydroxylation is 3. The fraction of sp³-hybridized carbons (Fsp3) is 0.222. The Morgan fingerprint density at radius 3 is 2.65 bits per heavy atom. The predicted octanol–water partition coefficient (Wildman–Crippen LogP) is 4.24. The Labute approximate surface area is 139 Å². The van der Waals surface area contributed by atoms with Gasteiger partial charge in [-0.25, -0.2) is 4.98 Å². The third-order valence-corrected chi connectivity index (χ3v) is 4.41. The minimum absolute atomic E-state index is 0.0289. The highest BCUT2D eigenvalue weighted by molar-refractivity contribution is 7.22. The smallest absolute Gasteiger partial charge is 0.264 e. The summed E-state index contributed by atoms with van der Waals surface area (Å²) in [4.78, 5) is 16.4. The lowest BCUT2D eigenvalue weighted by molar-refractivity contribution is -0.118. The maximum Gasteiger partial charge on any atom is 0.264 e. The van der Waals surface area contributed by atoms with Gasteiger partial charge >= 0.3 is 0 Å². The molecule has 0 saturated heterocycles. The van der Waals surface area contributed by atoms with Gasteiger partial charge in [-0.15, -0.1) is 0 Å². The molecule has 0 saturated carbocycles. The number of nitrogens with zero attached hydrogens (tertiary/aromatic N) is 1. The van der Waals surface area contributed by atoms with E-state index in [9.17, 15) is 4.79 Å². The molecule has 0 radical (unpaired) electrons. The average Bonchev–Trinajstić information content (AvgIpc) is 2.87. The molecule has 23 heavy (non-hydrogen) atoms. The van der Waals surface area contributed by atoms with Gasteiger partial charge in [0.1, 0.15) is 5.75 Å². The van der Waals surface area contributed by atoms with Crippen LogP contribution in [0.3, 0.4) is 0 Å². The van der Waals surface area contributed by atoms with Crippen molar-refractivity contribution < 1.29 is 9.53 Å². The van der Waals surface area contributed by atoms with Crippen molar-refractivity contribution in [1.82, 2.24) is 4.98 Å². The first-order valence-corrected chi connectivity index (χ1v) is 8.20. The van der Waals surface area contributed by atoms with Gasteiger partial charge < -0.3 is 4.74 Å². The monoisotopic (exact) mass is 326 g/mol. The van der Waals surface area contributed by atoms with E-state index < -0.39 is 0 Å². The van der Waals surface area contributed by atoms with Gasteiger partial charge in [0.25, 0.3) is 5.91 Å². The van der Waals surface area contributed by atoms with Gasteiger partial charge in [0.15, 0.2) is 11.7 Å². The number of anilines is 1. The lowest BCUT2D eigenvalue weighted by Gasteiger charge is -2.09. The van der Waals surface area contributed by atoms with E-state index in [0.29, 0.717) is 5.13 Å². The first kappa shape index (κ1) is 15.5. The van der Waals surface area contributed by atoms with Crippen LogP contribution in [-0.4, -0.2) is 17.5 Å². The van der Waals surface area contributed by atoms with Crippen molar-refractivity contribution >= 4 is 32.6 Å². The fourth-order valence-electron chi connectivity index (χ4n) is 2.35. The summed E-state index contributed by atoms with van der Waals surface area (Å²) < 4.78 is 6.65. The van der Waals surface area contributed by atoms with Crippen molar-refractivity contribution in [3.63, 3.8) is 0 Å². The first-order chi connectivity index (χ1) is 11.0.